The molecule has 0 fully saturated rings. The van der Waals surface area contributed by atoms with Crippen molar-refractivity contribution in [3.8, 4) is 5.75 Å². The third-order valence-corrected chi connectivity index (χ3v) is 3.91. The number of aromatic carboxylic acids is 1. The van der Waals surface area contributed by atoms with E-state index in [4.69, 9.17) is 9.84 Å². The Bertz CT molecular complexity index is 443. The van der Waals surface area contributed by atoms with Crippen LogP contribution < -0.4 is 4.74 Å². The smallest absolute Gasteiger partial charge is 0.339 e. The fourth-order valence-corrected chi connectivity index (χ4v) is 1.83. The number of carboxylic acid groups (broad SMARTS) is 1. The van der Waals surface area contributed by atoms with Crippen LogP contribution in [0, 0.1) is 0 Å². The first kappa shape index (κ1) is 16.5. The van der Waals surface area contributed by atoms with Crippen LogP contribution in [-0.2, 0) is 0 Å². The number of rotatable bonds is 8. The van der Waals surface area contributed by atoms with Crippen molar-refractivity contribution in [2.75, 3.05) is 20.2 Å². The number of hydrogen-bond donors (Lipinski definition) is 1. The summed E-state index contributed by atoms with van der Waals surface area (Å²) in [6, 6.07) is 6.75. The van der Waals surface area contributed by atoms with Gasteiger partial charge in [0, 0.05) is 12.1 Å². The van der Waals surface area contributed by atoms with Gasteiger partial charge >= 0.3 is 5.97 Å². The maximum atomic E-state index is 11.0. The van der Waals surface area contributed by atoms with Gasteiger partial charge in [0.1, 0.15) is 11.3 Å². The molecular weight excluding hydrogens is 254 g/mol. The summed E-state index contributed by atoms with van der Waals surface area (Å²) in [5, 5.41) is 9.06. The van der Waals surface area contributed by atoms with Gasteiger partial charge in [-0.25, -0.2) is 4.79 Å². The molecule has 0 unspecified atom stereocenters. The molecule has 1 rings (SSSR count). The van der Waals surface area contributed by atoms with Crippen LogP contribution in [0.25, 0.3) is 0 Å². The van der Waals surface area contributed by atoms with Crippen LogP contribution in [0.1, 0.15) is 44.0 Å². The molecule has 0 radical (unpaired) electrons. The second-order valence-corrected chi connectivity index (χ2v) is 5.59. The van der Waals surface area contributed by atoms with E-state index in [-0.39, 0.29) is 11.1 Å². The van der Waals surface area contributed by atoms with Gasteiger partial charge in [-0.3, -0.25) is 0 Å². The van der Waals surface area contributed by atoms with Crippen LogP contribution in [0.5, 0.6) is 5.75 Å². The van der Waals surface area contributed by atoms with Crippen molar-refractivity contribution >= 4 is 5.97 Å². The van der Waals surface area contributed by atoms with E-state index in [9.17, 15) is 4.79 Å². The Morgan fingerprint density at radius 1 is 1.35 bits per heavy atom. The molecule has 0 bridgehead atoms. The lowest BCUT2D eigenvalue weighted by atomic mass is 10.00. The predicted molar refractivity (Wildman–Crippen MR) is 80.5 cm³/mol. The lowest BCUT2D eigenvalue weighted by Crippen LogP contribution is -2.41. The van der Waals surface area contributed by atoms with Crippen LogP contribution in [0.3, 0.4) is 0 Å². The van der Waals surface area contributed by atoms with Gasteiger partial charge in [0.05, 0.1) is 6.61 Å². The van der Waals surface area contributed by atoms with Crippen LogP contribution in [0.2, 0.25) is 0 Å². The van der Waals surface area contributed by atoms with E-state index in [0.717, 1.165) is 19.4 Å². The van der Waals surface area contributed by atoms with Crippen molar-refractivity contribution in [1.29, 1.82) is 0 Å². The second-order valence-electron chi connectivity index (χ2n) is 5.59. The number of nitrogens with zero attached hydrogens (tertiary/aromatic N) is 1. The van der Waals surface area contributed by atoms with Crippen molar-refractivity contribution < 1.29 is 14.6 Å². The lowest BCUT2D eigenvalue weighted by molar-refractivity contribution is 0.0692. The van der Waals surface area contributed by atoms with Crippen LogP contribution in [0.4, 0.5) is 0 Å². The third kappa shape index (κ3) is 4.53. The number of hydrogen-bond acceptors (Lipinski definition) is 3. The summed E-state index contributed by atoms with van der Waals surface area (Å²) in [5.74, 6) is -0.512. The minimum absolute atomic E-state index is 0.180. The number of ether oxygens (including phenoxy) is 1. The van der Waals surface area contributed by atoms with Crippen LogP contribution >= 0.6 is 0 Å². The monoisotopic (exact) mass is 279 g/mol. The van der Waals surface area contributed by atoms with Crippen molar-refractivity contribution in [3.63, 3.8) is 0 Å². The molecule has 0 aliphatic rings. The Morgan fingerprint density at radius 3 is 2.60 bits per heavy atom. The molecule has 1 N–H and O–H groups in total. The van der Waals surface area contributed by atoms with E-state index in [1.54, 1.807) is 24.3 Å². The minimum Gasteiger partial charge on any atom is -0.493 e. The van der Waals surface area contributed by atoms with Crippen LogP contribution in [-0.4, -0.2) is 41.7 Å². The summed E-state index contributed by atoms with van der Waals surface area (Å²) in [4.78, 5) is 13.3. The molecule has 0 aromatic heterocycles. The van der Waals surface area contributed by atoms with Gasteiger partial charge in [-0.05, 0) is 45.9 Å². The maximum Gasteiger partial charge on any atom is 0.339 e. The Morgan fingerprint density at radius 2 is 2.00 bits per heavy atom. The Hall–Kier alpha value is -1.55. The molecule has 0 saturated heterocycles. The van der Waals surface area contributed by atoms with Crippen molar-refractivity contribution in [2.45, 2.75) is 39.2 Å². The Balaban J connectivity index is 2.44. The summed E-state index contributed by atoms with van der Waals surface area (Å²) < 4.78 is 5.59. The quantitative estimate of drug-likeness (QED) is 0.742. The Labute approximate surface area is 121 Å². The van der Waals surface area contributed by atoms with E-state index in [2.05, 4.69) is 32.7 Å². The predicted octanol–water partition coefficient (Wildman–Crippen LogP) is 3.27. The van der Waals surface area contributed by atoms with Gasteiger partial charge < -0.3 is 14.7 Å². The first-order valence-electron chi connectivity index (χ1n) is 7.05. The molecule has 0 heterocycles. The molecule has 0 aliphatic carbocycles. The fraction of sp³-hybridized carbons (Fsp3) is 0.562. The first-order chi connectivity index (χ1) is 9.38. The molecule has 1 aromatic rings. The lowest BCUT2D eigenvalue weighted by Gasteiger charge is -2.34. The molecule has 0 aliphatic heterocycles. The van der Waals surface area contributed by atoms with Crippen molar-refractivity contribution in [1.82, 2.24) is 4.90 Å². The minimum atomic E-state index is -0.954. The SMILES string of the molecule is CCC(C)(C)N(C)CCCOc1ccccc1C(=O)O. The third-order valence-electron chi connectivity index (χ3n) is 3.91. The van der Waals surface area contributed by atoms with Gasteiger partial charge in [0.2, 0.25) is 0 Å². The summed E-state index contributed by atoms with van der Waals surface area (Å²) in [6.45, 7) is 8.06. The summed E-state index contributed by atoms with van der Waals surface area (Å²) in [5.41, 5.74) is 0.397. The molecule has 0 atom stereocenters. The Kier molecular flexibility index (Phi) is 6.02. The van der Waals surface area contributed by atoms with E-state index >= 15 is 0 Å². The van der Waals surface area contributed by atoms with Gasteiger partial charge in [-0.2, -0.15) is 0 Å². The number of carboxylic acids is 1. The fourth-order valence-electron chi connectivity index (χ4n) is 1.83. The molecule has 4 heteroatoms. The zero-order valence-corrected chi connectivity index (χ0v) is 12.8. The van der Waals surface area contributed by atoms with Crippen molar-refractivity contribution in [2.24, 2.45) is 0 Å². The average molecular weight is 279 g/mol. The molecule has 0 spiro atoms. The summed E-state index contributed by atoms with van der Waals surface area (Å²) in [7, 11) is 2.11. The van der Waals surface area contributed by atoms with E-state index in [1.807, 2.05) is 0 Å². The van der Waals surface area contributed by atoms with E-state index in [0.29, 0.717) is 12.4 Å². The highest BCUT2D eigenvalue weighted by Crippen LogP contribution is 2.19. The largest absolute Gasteiger partial charge is 0.493 e. The number of benzene rings is 1. The molecule has 4 nitrogen and oxygen atoms in total. The maximum absolute atomic E-state index is 11.0. The molecule has 0 saturated carbocycles. The highest BCUT2D eigenvalue weighted by molar-refractivity contribution is 5.90. The van der Waals surface area contributed by atoms with Gasteiger partial charge in [-0.1, -0.05) is 19.1 Å². The highest BCUT2D eigenvalue weighted by atomic mass is 16.5. The summed E-state index contributed by atoms with van der Waals surface area (Å²) in [6.07, 6.45) is 1.96. The van der Waals surface area contributed by atoms with E-state index < -0.39 is 5.97 Å². The first-order valence-corrected chi connectivity index (χ1v) is 7.05. The summed E-state index contributed by atoms with van der Waals surface area (Å²) >= 11 is 0. The molecule has 112 valence electrons. The topological polar surface area (TPSA) is 49.8 Å². The second kappa shape index (κ2) is 7.29. The average Bonchev–Trinajstić information content (AvgIpc) is 2.43. The molecule has 20 heavy (non-hydrogen) atoms. The van der Waals surface area contributed by atoms with Gasteiger partial charge in [0.25, 0.3) is 0 Å². The van der Waals surface area contributed by atoms with E-state index in [1.165, 1.54) is 0 Å². The van der Waals surface area contributed by atoms with Gasteiger partial charge in [0.15, 0.2) is 0 Å². The zero-order valence-electron chi connectivity index (χ0n) is 12.8. The standard InChI is InChI=1S/C16H25NO3/c1-5-16(2,3)17(4)11-8-12-20-14-10-7-6-9-13(14)15(18)19/h6-7,9-10H,5,8,11-12H2,1-4H3,(H,18,19). The zero-order chi connectivity index (χ0) is 15.2. The molecular formula is C16H25NO3. The molecule has 0 amide bonds. The molecule has 1 aromatic carbocycles. The normalized spacial score (nSPS) is 11.7. The highest BCUT2D eigenvalue weighted by Gasteiger charge is 2.20. The number of para-hydroxylation sites is 1. The van der Waals surface area contributed by atoms with Gasteiger partial charge in [-0.15, -0.1) is 0 Å². The van der Waals surface area contributed by atoms with Crippen molar-refractivity contribution in [3.05, 3.63) is 29.8 Å². The number of carbonyl (C=O) groups is 1. The van der Waals surface area contributed by atoms with Crippen LogP contribution in [0.15, 0.2) is 24.3 Å².